The average Bonchev–Trinajstić information content (AvgIpc) is 3.22. The monoisotopic (exact) mass is 501 g/mol. The number of nitrogens with one attached hydrogen (secondary N) is 1. The van der Waals surface area contributed by atoms with Gasteiger partial charge < -0.3 is 10.1 Å². The van der Waals surface area contributed by atoms with Crippen LogP contribution in [0.1, 0.15) is 70.6 Å². The van der Waals surface area contributed by atoms with Crippen LogP contribution in [-0.2, 0) is 18.0 Å². The van der Waals surface area contributed by atoms with Crippen molar-refractivity contribution < 1.29 is 27.1 Å². The molecule has 0 radical (unpaired) electrons. The minimum atomic E-state index is -4.67. The van der Waals surface area contributed by atoms with Crippen molar-refractivity contribution in [3.8, 4) is 0 Å². The van der Waals surface area contributed by atoms with Crippen molar-refractivity contribution in [3.63, 3.8) is 0 Å². The van der Waals surface area contributed by atoms with Gasteiger partial charge in [-0.2, -0.15) is 22.7 Å². The van der Waals surface area contributed by atoms with Crippen molar-refractivity contribution in [2.75, 3.05) is 13.7 Å². The fourth-order valence-corrected chi connectivity index (χ4v) is 2.54. The molecule has 0 unspecified atom stereocenters. The van der Waals surface area contributed by atoms with Gasteiger partial charge in [0.2, 0.25) is 11.8 Å². The molecule has 11 heteroatoms. The lowest BCUT2D eigenvalue weighted by Gasteiger charge is -2.11. The number of carbonyl (C=O) groups excluding carboxylic acids is 1. The molecule has 1 rings (SSSR count). The summed E-state index contributed by atoms with van der Waals surface area (Å²) in [6, 6.07) is 0.658. The highest BCUT2D eigenvalue weighted by molar-refractivity contribution is 6.10. The molecule has 0 atom stereocenters. The lowest BCUT2D eigenvalue weighted by Crippen LogP contribution is -2.31. The Kier molecular flexibility index (Phi) is 14.2. The number of methoxy groups -OCH3 is 1. The number of aryl methyl sites for hydroxylation is 1. The SMILES string of the molecule is CC.C\C=C/C(=N\C(F)=C\CC)C(N=C(CNC(=O)c1cc(C(F)(F)F)nn1C)OC)=C(C)CC. The maximum atomic E-state index is 14.1. The first kappa shape index (κ1) is 31.8. The number of aliphatic imine (C=N–C) groups is 2. The van der Waals surface area contributed by atoms with E-state index in [9.17, 15) is 22.4 Å². The summed E-state index contributed by atoms with van der Waals surface area (Å²) >= 11 is 0. The molecule has 1 aromatic heterocycles. The van der Waals surface area contributed by atoms with E-state index in [0.29, 0.717) is 24.6 Å². The fourth-order valence-electron chi connectivity index (χ4n) is 2.54. The van der Waals surface area contributed by atoms with Gasteiger partial charge in [-0.15, -0.1) is 0 Å². The number of rotatable bonds is 9. The number of halogens is 4. The summed E-state index contributed by atoms with van der Waals surface area (Å²) in [5.74, 6) is -1.39. The Balaban J connectivity index is 0.00000562. The van der Waals surface area contributed by atoms with Gasteiger partial charge in [-0.25, -0.2) is 9.98 Å². The first-order valence-electron chi connectivity index (χ1n) is 11.3. The highest BCUT2D eigenvalue weighted by Crippen LogP contribution is 2.28. The average molecular weight is 502 g/mol. The number of alkyl halides is 3. The van der Waals surface area contributed by atoms with Crippen LogP contribution in [0.2, 0.25) is 0 Å². The van der Waals surface area contributed by atoms with E-state index in [2.05, 4.69) is 20.4 Å². The molecule has 1 N–H and O–H groups in total. The van der Waals surface area contributed by atoms with E-state index in [4.69, 9.17) is 4.74 Å². The molecule has 0 saturated heterocycles. The highest BCUT2D eigenvalue weighted by atomic mass is 19.4. The molecule has 0 spiro atoms. The second kappa shape index (κ2) is 15.6. The van der Waals surface area contributed by atoms with Crippen LogP contribution in [0.15, 0.2) is 51.5 Å². The van der Waals surface area contributed by atoms with E-state index in [1.807, 2.05) is 20.8 Å². The Labute approximate surface area is 204 Å². The number of hydrogen-bond donors (Lipinski definition) is 1. The maximum Gasteiger partial charge on any atom is 0.435 e. The summed E-state index contributed by atoms with van der Waals surface area (Å²) in [6.07, 6.45) is 0.996. The fraction of sp³-hybridized carbons (Fsp3) is 0.500. The van der Waals surface area contributed by atoms with E-state index in [1.54, 1.807) is 32.9 Å². The maximum absolute atomic E-state index is 14.1. The zero-order valence-corrected chi connectivity index (χ0v) is 21.5. The van der Waals surface area contributed by atoms with Crippen molar-refractivity contribution in [3.05, 3.63) is 52.9 Å². The van der Waals surface area contributed by atoms with Gasteiger partial charge in [-0.05, 0) is 44.4 Å². The van der Waals surface area contributed by atoms with Crippen molar-refractivity contribution in [2.24, 2.45) is 17.0 Å². The third-order valence-corrected chi connectivity index (χ3v) is 4.38. The van der Waals surface area contributed by atoms with Gasteiger partial charge in [0.05, 0.1) is 25.1 Å². The van der Waals surface area contributed by atoms with E-state index < -0.39 is 23.7 Å². The van der Waals surface area contributed by atoms with Gasteiger partial charge in [0.25, 0.3) is 5.91 Å². The van der Waals surface area contributed by atoms with Crippen LogP contribution in [-0.4, -0.2) is 41.0 Å². The minimum absolute atomic E-state index is 0.0569. The van der Waals surface area contributed by atoms with E-state index in [1.165, 1.54) is 20.2 Å². The zero-order chi connectivity index (χ0) is 27.2. The zero-order valence-electron chi connectivity index (χ0n) is 21.5. The first-order chi connectivity index (χ1) is 16.5. The molecule has 35 heavy (non-hydrogen) atoms. The van der Waals surface area contributed by atoms with Crippen LogP contribution < -0.4 is 5.32 Å². The number of ether oxygens (including phenoxy) is 1. The number of hydrogen-bond acceptors (Lipinski definition) is 5. The Morgan fingerprint density at radius 2 is 1.89 bits per heavy atom. The number of allylic oxidation sites excluding steroid dienone is 4. The van der Waals surface area contributed by atoms with Crippen LogP contribution in [0, 0.1) is 0 Å². The first-order valence-corrected chi connectivity index (χ1v) is 11.3. The smallest absolute Gasteiger partial charge is 0.435 e. The molecule has 0 aliphatic heterocycles. The molecule has 0 aliphatic rings. The molecule has 1 aromatic rings. The molecular formula is C24H35F4N5O2. The number of carbonyl (C=O) groups is 1. The van der Waals surface area contributed by atoms with Crippen LogP contribution in [0.5, 0.6) is 0 Å². The Hall–Kier alpha value is -3.24. The number of aromatic nitrogens is 2. The van der Waals surface area contributed by atoms with Crippen molar-refractivity contribution >= 4 is 17.5 Å². The number of amides is 1. The van der Waals surface area contributed by atoms with Crippen molar-refractivity contribution in [1.82, 2.24) is 15.1 Å². The van der Waals surface area contributed by atoms with E-state index in [0.717, 1.165) is 10.3 Å². The molecule has 7 nitrogen and oxygen atoms in total. The predicted octanol–water partition coefficient (Wildman–Crippen LogP) is 6.16. The Morgan fingerprint density at radius 3 is 2.34 bits per heavy atom. The summed E-state index contributed by atoms with van der Waals surface area (Å²) in [6.45, 7) is 11.0. The minimum Gasteiger partial charge on any atom is -0.483 e. The highest BCUT2D eigenvalue weighted by Gasteiger charge is 2.35. The lowest BCUT2D eigenvalue weighted by atomic mass is 10.1. The van der Waals surface area contributed by atoms with Crippen molar-refractivity contribution in [1.29, 1.82) is 0 Å². The van der Waals surface area contributed by atoms with Gasteiger partial charge in [0.1, 0.15) is 5.69 Å². The van der Waals surface area contributed by atoms with Gasteiger partial charge in [0, 0.05) is 13.1 Å². The van der Waals surface area contributed by atoms with Gasteiger partial charge in [-0.3, -0.25) is 9.48 Å². The summed E-state index contributed by atoms with van der Waals surface area (Å²) in [4.78, 5) is 20.8. The molecule has 0 fully saturated rings. The molecule has 0 aromatic carbocycles. The van der Waals surface area contributed by atoms with Crippen molar-refractivity contribution in [2.45, 2.75) is 60.6 Å². The quantitative estimate of drug-likeness (QED) is 0.190. The topological polar surface area (TPSA) is 80.9 Å². The molecule has 196 valence electrons. The van der Waals surface area contributed by atoms with Gasteiger partial charge >= 0.3 is 6.18 Å². The van der Waals surface area contributed by atoms with Gasteiger partial charge in [-0.1, -0.05) is 33.8 Å². The lowest BCUT2D eigenvalue weighted by molar-refractivity contribution is -0.141. The Morgan fingerprint density at radius 1 is 1.26 bits per heavy atom. The molecule has 1 heterocycles. The van der Waals surface area contributed by atoms with Crippen LogP contribution in [0.25, 0.3) is 0 Å². The summed E-state index contributed by atoms with van der Waals surface area (Å²) in [5.41, 5.74) is -0.0312. The summed E-state index contributed by atoms with van der Waals surface area (Å²) < 4.78 is 58.7. The standard InChI is InChI=1S/C22H29F4N5O2.C2H6/c1-7-10-15(28-18(23)11-8-2)20(14(4)9-3)29-19(33-6)13-27-21(32)16-12-17(22(24,25)26)30-31(16)5;1-2/h7,10-12H,8-9,13H2,1-6H3,(H,27,32);1-2H3/b10-7-,18-11+,20-14?,28-15+,29-19?;. The molecule has 1 amide bonds. The number of nitrogens with zero attached hydrogens (tertiary/aromatic N) is 4. The molecule has 0 aliphatic carbocycles. The third kappa shape index (κ3) is 10.3. The third-order valence-electron chi connectivity index (χ3n) is 4.38. The Bertz CT molecular complexity index is 987. The second-order valence-electron chi connectivity index (χ2n) is 6.84. The molecule has 0 bridgehead atoms. The van der Waals surface area contributed by atoms with Gasteiger partial charge in [0.15, 0.2) is 5.69 Å². The predicted molar refractivity (Wildman–Crippen MR) is 131 cm³/mol. The van der Waals surface area contributed by atoms with Crippen LogP contribution in [0.3, 0.4) is 0 Å². The van der Waals surface area contributed by atoms with E-state index >= 15 is 0 Å². The largest absolute Gasteiger partial charge is 0.483 e. The summed E-state index contributed by atoms with van der Waals surface area (Å²) in [7, 11) is 2.57. The normalized spacial score (nSPS) is 13.9. The summed E-state index contributed by atoms with van der Waals surface area (Å²) in [5, 5.41) is 5.78. The van der Waals surface area contributed by atoms with Crippen LogP contribution in [0.4, 0.5) is 17.6 Å². The molecule has 0 saturated carbocycles. The molecular weight excluding hydrogens is 466 g/mol. The second-order valence-corrected chi connectivity index (χ2v) is 6.84. The van der Waals surface area contributed by atoms with E-state index in [-0.39, 0.29) is 23.8 Å². The van der Waals surface area contributed by atoms with Crippen LogP contribution >= 0.6 is 0 Å².